The van der Waals surface area contributed by atoms with Gasteiger partial charge in [-0.05, 0) is 13.5 Å². The van der Waals surface area contributed by atoms with Gasteiger partial charge >= 0.3 is 30.7 Å². The van der Waals surface area contributed by atoms with Gasteiger partial charge in [-0.3, -0.25) is 4.99 Å². The Morgan fingerprint density at radius 1 is 1.56 bits per heavy atom. The van der Waals surface area contributed by atoms with Crippen LogP contribution in [-0.4, -0.2) is 30.7 Å². The van der Waals surface area contributed by atoms with Crippen LogP contribution >= 0.6 is 0 Å². The van der Waals surface area contributed by atoms with Crippen LogP contribution in [0.25, 0.3) is 0 Å². The molecule has 0 radical (unpaired) electrons. The number of nitrogens with zero attached hydrogens (tertiary/aromatic N) is 1. The fourth-order valence-electron chi connectivity index (χ4n) is 0.368. The van der Waals surface area contributed by atoms with Gasteiger partial charge in [-0.1, -0.05) is 6.92 Å². The van der Waals surface area contributed by atoms with Gasteiger partial charge in [0.05, 0.1) is 5.84 Å². The average Bonchev–Trinajstić information content (AvgIpc) is 2.20. The first-order chi connectivity index (χ1) is 6.64. The van der Waals surface area contributed by atoms with Crippen molar-refractivity contribution in [2.24, 2.45) is 10.7 Å². The Morgan fingerprint density at radius 2 is 1.88 bits per heavy atom. The summed E-state index contributed by atoms with van der Waals surface area (Å²) in [5, 5.41) is 8.44. The van der Waals surface area contributed by atoms with Crippen LogP contribution in [0.5, 0.6) is 0 Å². The normalized spacial score (nSPS) is 7.38. The molecule has 0 unspecified atom stereocenters. The molecule has 4 N–H and O–H groups in total. The summed E-state index contributed by atoms with van der Waals surface area (Å²) in [6, 6.07) is 0. The van der Waals surface area contributed by atoms with E-state index in [0.29, 0.717) is 0 Å². The fraction of sp³-hybridized carbons (Fsp3) is 0.667. The molecule has 0 amide bonds. The molecule has 0 aliphatic rings. The van der Waals surface area contributed by atoms with Gasteiger partial charge in [-0.2, -0.15) is 0 Å². The Kier molecular flexibility index (Phi) is 69.2. The van der Waals surface area contributed by atoms with Crippen LogP contribution in [0, 0.1) is 80.9 Å². The number of aliphatic imine (C=N–C) groups is 1. The molecule has 0 saturated heterocycles. The minimum atomic E-state index is 0. The van der Waals surface area contributed by atoms with Gasteiger partial charge in [0.15, 0.2) is 0 Å². The van der Waals surface area contributed by atoms with E-state index < -0.39 is 0 Å². The average molecular weight is 449 g/mol. The number of hydrogen-bond acceptors (Lipinski definition) is 2. The molecule has 16 heavy (non-hydrogen) atoms. The topological polar surface area (TPSA) is 74.3 Å². The Hall–Kier alpha value is 2.02. The first-order valence-corrected chi connectivity index (χ1v) is 6.03. The van der Waals surface area contributed by atoms with Crippen molar-refractivity contribution in [1.82, 2.24) is 5.32 Å². The third-order valence-electron chi connectivity index (χ3n) is 0.918. The van der Waals surface area contributed by atoms with Gasteiger partial charge in [0, 0.05) is 88.9 Å². The molecular formula is C9H21Ar2N4W-. The summed E-state index contributed by atoms with van der Waals surface area (Å²) in [5.41, 5.74) is 5.33. The largest absolute Gasteiger partial charge is 0 e. The molecule has 0 spiro atoms. The molecule has 0 heterocycles. The maximum atomic E-state index is 6.09. The summed E-state index contributed by atoms with van der Waals surface area (Å²) in [7, 11) is 3.35. The van der Waals surface area contributed by atoms with Gasteiger partial charge in [-0.15, -0.1) is 0 Å². The van der Waals surface area contributed by atoms with Crippen molar-refractivity contribution >= 4 is 16.6 Å². The van der Waals surface area contributed by atoms with Crippen LogP contribution in [0.2, 0.25) is 0 Å². The van der Waals surface area contributed by atoms with Crippen LogP contribution in [0.4, 0.5) is 0 Å². The number of nitrogens with one attached hydrogen (secondary N) is 2. The molecule has 100 valence electrons. The summed E-state index contributed by atoms with van der Waals surface area (Å²) in [6.45, 7) is 4.12. The summed E-state index contributed by atoms with van der Waals surface area (Å²) in [6.07, 6.45) is 3.94. The summed E-state index contributed by atoms with van der Waals surface area (Å²) >= 11 is 1.55. The third kappa shape index (κ3) is 56.2. The zero-order chi connectivity index (χ0) is 11.8. The third-order valence-corrected chi connectivity index (χ3v) is 0.918. The number of amidine groups is 1. The van der Waals surface area contributed by atoms with E-state index in [-0.39, 0.29) is 75.5 Å². The predicted octanol–water partition coefficient (Wildman–Crippen LogP) is 0.819. The Morgan fingerprint density at radius 3 is 1.94 bits per heavy atom. The Labute approximate surface area is 171 Å². The van der Waals surface area contributed by atoms with E-state index >= 15 is 0 Å². The van der Waals surface area contributed by atoms with Crippen LogP contribution in [0.1, 0.15) is 26.7 Å². The van der Waals surface area contributed by atoms with E-state index in [9.17, 15) is 0 Å². The number of hydrogen-bond donors (Lipinski definition) is 3. The molecule has 4 nitrogen and oxygen atoms in total. The first kappa shape index (κ1) is 30.8. The summed E-state index contributed by atoms with van der Waals surface area (Å²) in [4.78, 5) is 3.77. The number of rotatable bonds is 3. The van der Waals surface area contributed by atoms with Crippen molar-refractivity contribution in [1.29, 1.82) is 5.41 Å². The molecule has 0 atom stereocenters. The second-order valence-corrected chi connectivity index (χ2v) is 3.77. The molecule has 0 saturated carbocycles. The van der Waals surface area contributed by atoms with Crippen molar-refractivity contribution in [3.8, 4) is 0 Å². The van der Waals surface area contributed by atoms with Crippen LogP contribution in [0.15, 0.2) is 4.99 Å². The Bertz CT molecular complexity index is 154. The van der Waals surface area contributed by atoms with Gasteiger partial charge < -0.3 is 22.8 Å². The van der Waals surface area contributed by atoms with Crippen molar-refractivity contribution < 1.29 is 94.8 Å². The molecule has 0 aliphatic carbocycles. The molecule has 0 fully saturated rings. The van der Waals surface area contributed by atoms with E-state index in [1.54, 1.807) is 33.4 Å². The maximum absolute atomic E-state index is 6.09. The van der Waals surface area contributed by atoms with Crippen LogP contribution in [-0.2, 0) is 19.4 Å². The summed E-state index contributed by atoms with van der Waals surface area (Å²) < 4.78 is 2.08. The van der Waals surface area contributed by atoms with Crippen molar-refractivity contribution in [2.75, 3.05) is 14.1 Å². The zero-order valence-electron chi connectivity index (χ0n) is 10.1. The smallest absolute Gasteiger partial charge is 0 e. The second-order valence-electron chi connectivity index (χ2n) is 2.08. The van der Waals surface area contributed by atoms with Crippen molar-refractivity contribution in [2.45, 2.75) is 26.7 Å². The van der Waals surface area contributed by atoms with Crippen LogP contribution < -0.4 is 11.1 Å². The van der Waals surface area contributed by atoms with E-state index in [4.69, 9.17) is 11.1 Å². The van der Waals surface area contributed by atoms with Crippen molar-refractivity contribution in [3.05, 3.63) is 0 Å². The summed E-state index contributed by atoms with van der Waals surface area (Å²) in [5.74, 6) is 0.752. The monoisotopic (exact) mass is 449 g/mol. The molecule has 0 rings (SSSR count). The molecule has 0 bridgehead atoms. The minimum absolute atomic E-state index is 0. The van der Waals surface area contributed by atoms with E-state index in [1.165, 1.54) is 0 Å². The Balaban J connectivity index is -0.0000000393. The SMILES string of the molecule is CCCC(N)=NC.CN[C-]=N.C[CH]=[W].[Ar].[Ar]. The quantitative estimate of drug-likeness (QED) is 0.259. The van der Waals surface area contributed by atoms with E-state index in [1.807, 2.05) is 13.3 Å². The molecule has 0 aromatic carbocycles. The molecular weight excluding hydrogens is 428 g/mol. The molecule has 0 aromatic rings. The predicted molar refractivity (Wildman–Crippen MR) is 61.0 cm³/mol. The second kappa shape index (κ2) is 36.0. The zero-order valence-corrected chi connectivity index (χ0v) is 14.5. The molecule has 0 aromatic heterocycles. The van der Waals surface area contributed by atoms with Gasteiger partial charge in [0.1, 0.15) is 0 Å². The fourth-order valence-corrected chi connectivity index (χ4v) is 0.368. The van der Waals surface area contributed by atoms with E-state index in [2.05, 4.69) is 21.6 Å². The van der Waals surface area contributed by atoms with Gasteiger partial charge in [-0.25, -0.2) is 0 Å². The maximum Gasteiger partial charge on any atom is 0 e. The number of nitrogens with two attached hydrogens (primary N) is 1. The van der Waals surface area contributed by atoms with Crippen LogP contribution in [0.3, 0.4) is 0 Å². The minimum Gasteiger partial charge on any atom is 0 e. The van der Waals surface area contributed by atoms with Crippen molar-refractivity contribution in [3.63, 3.8) is 0 Å². The molecule has 0 aliphatic heterocycles. The standard InChI is InChI=1S/C5H12N2.C2H5N2.C2H4.2Ar.W/c1-3-4-5(6)7-2;1-4-2-3;1-2;;;/h3-4H2,1-2H3,(H2,6,7);1H3,(H2,3,4);1H,2H3;;;/q;-1;;;;. The van der Waals surface area contributed by atoms with Gasteiger partial charge in [0.25, 0.3) is 0 Å². The van der Waals surface area contributed by atoms with E-state index in [0.717, 1.165) is 18.7 Å². The van der Waals surface area contributed by atoms with Gasteiger partial charge in [0.2, 0.25) is 0 Å². The first-order valence-electron chi connectivity index (χ1n) is 4.33. The molecule has 7 heteroatoms.